The van der Waals surface area contributed by atoms with Gasteiger partial charge in [-0.25, -0.2) is 5.90 Å². The smallest absolute Gasteiger partial charge is 0.251 e. The van der Waals surface area contributed by atoms with Crippen LogP contribution >= 0.6 is 15.9 Å². The molecule has 1 aliphatic carbocycles. The number of hydrogen-bond donors (Lipinski definition) is 1. The molecule has 1 aliphatic heterocycles. The highest BCUT2D eigenvalue weighted by Gasteiger charge is 2.44. The molecule has 2 aliphatic rings. The first-order valence-electron chi connectivity index (χ1n) is 5.75. The number of halogens is 1. The van der Waals surface area contributed by atoms with E-state index >= 15 is 0 Å². The summed E-state index contributed by atoms with van der Waals surface area (Å²) in [6.07, 6.45) is 4.24. The first kappa shape index (κ1) is 11.3. The van der Waals surface area contributed by atoms with Gasteiger partial charge in [0, 0.05) is 17.3 Å². The molecule has 17 heavy (non-hydrogen) atoms. The zero-order valence-corrected chi connectivity index (χ0v) is 11.0. The largest absolute Gasteiger partial charge is 0.448 e. The molecule has 1 aromatic carbocycles. The summed E-state index contributed by atoms with van der Waals surface area (Å²) in [5.74, 6) is 6.28. The minimum Gasteiger partial charge on any atom is -0.448 e. The number of rotatable bonds is 2. The Morgan fingerprint density at radius 3 is 2.53 bits per heavy atom. The number of hydrogen-bond acceptors (Lipinski definition) is 4. The van der Waals surface area contributed by atoms with E-state index in [1.165, 1.54) is 0 Å². The molecule has 0 saturated heterocycles. The Bertz CT molecular complexity index is 444. The van der Waals surface area contributed by atoms with Gasteiger partial charge in [-0.2, -0.15) is 0 Å². The van der Waals surface area contributed by atoms with E-state index in [0.717, 1.165) is 47.2 Å². The van der Waals surface area contributed by atoms with E-state index in [1.54, 1.807) is 0 Å². The lowest BCUT2D eigenvalue weighted by Crippen LogP contribution is -2.34. The Kier molecular flexibility index (Phi) is 2.77. The second kappa shape index (κ2) is 4.15. The second-order valence-electron chi connectivity index (χ2n) is 4.52. The van der Waals surface area contributed by atoms with Gasteiger partial charge in [-0.05, 0) is 30.5 Å². The van der Waals surface area contributed by atoms with Gasteiger partial charge in [0.1, 0.15) is 0 Å². The molecule has 1 spiro atoms. The minimum atomic E-state index is -0.413. The van der Waals surface area contributed by atoms with Gasteiger partial charge < -0.3 is 9.47 Å². The standard InChI is InChI=1S/C12H14BrNO3/c13-9-6-11-10(5-8(9)7-15-14)16-12(17-11)3-1-2-4-12/h5-6H,1-4,7,14H2. The molecule has 0 unspecified atom stereocenters. The molecule has 1 fully saturated rings. The quantitative estimate of drug-likeness (QED) is 0.853. The van der Waals surface area contributed by atoms with Crippen molar-refractivity contribution in [3.05, 3.63) is 22.2 Å². The van der Waals surface area contributed by atoms with Gasteiger partial charge in [0.05, 0.1) is 6.61 Å². The average Bonchev–Trinajstić information content (AvgIpc) is 2.87. The Hall–Kier alpha value is -0.780. The molecule has 0 aromatic heterocycles. The summed E-state index contributed by atoms with van der Waals surface area (Å²) in [6, 6.07) is 3.86. The summed E-state index contributed by atoms with van der Waals surface area (Å²) < 4.78 is 12.8. The Morgan fingerprint density at radius 1 is 1.24 bits per heavy atom. The lowest BCUT2D eigenvalue weighted by Gasteiger charge is -2.21. The van der Waals surface area contributed by atoms with E-state index in [2.05, 4.69) is 20.8 Å². The van der Waals surface area contributed by atoms with Gasteiger partial charge in [0.2, 0.25) is 0 Å². The van der Waals surface area contributed by atoms with Crippen LogP contribution in [0.5, 0.6) is 11.5 Å². The maximum absolute atomic E-state index is 5.96. The fourth-order valence-electron chi connectivity index (χ4n) is 2.48. The van der Waals surface area contributed by atoms with Crippen LogP contribution in [0.4, 0.5) is 0 Å². The number of benzene rings is 1. The van der Waals surface area contributed by atoms with Gasteiger partial charge >= 0.3 is 0 Å². The van der Waals surface area contributed by atoms with E-state index in [0.29, 0.717) is 6.61 Å². The van der Waals surface area contributed by atoms with Crippen LogP contribution in [-0.2, 0) is 11.4 Å². The van der Waals surface area contributed by atoms with Crippen LogP contribution < -0.4 is 15.4 Å². The molecule has 1 heterocycles. The van der Waals surface area contributed by atoms with E-state index in [-0.39, 0.29) is 0 Å². The number of fused-ring (bicyclic) bond motifs is 1. The van der Waals surface area contributed by atoms with Gasteiger partial charge in [-0.3, -0.25) is 4.84 Å². The summed E-state index contributed by atoms with van der Waals surface area (Å²) in [5.41, 5.74) is 0.963. The maximum Gasteiger partial charge on any atom is 0.251 e. The molecule has 0 atom stereocenters. The van der Waals surface area contributed by atoms with Crippen molar-refractivity contribution in [3.8, 4) is 11.5 Å². The number of nitrogens with two attached hydrogens (primary N) is 1. The first-order valence-corrected chi connectivity index (χ1v) is 6.54. The van der Waals surface area contributed by atoms with Gasteiger partial charge in [-0.15, -0.1) is 0 Å². The van der Waals surface area contributed by atoms with Crippen LogP contribution in [0.1, 0.15) is 31.2 Å². The lowest BCUT2D eigenvalue weighted by atomic mass is 10.2. The molecular formula is C12H14BrNO3. The summed E-state index contributed by atoms with van der Waals surface area (Å²) in [7, 11) is 0. The summed E-state index contributed by atoms with van der Waals surface area (Å²) in [5, 5.41) is 0. The van der Waals surface area contributed by atoms with Crippen LogP contribution in [0.15, 0.2) is 16.6 Å². The molecule has 5 heteroatoms. The van der Waals surface area contributed by atoms with Gasteiger partial charge in [0.25, 0.3) is 5.79 Å². The van der Waals surface area contributed by atoms with E-state index < -0.39 is 5.79 Å². The van der Waals surface area contributed by atoms with Crippen molar-refractivity contribution in [3.63, 3.8) is 0 Å². The molecule has 1 aromatic rings. The Morgan fingerprint density at radius 2 is 1.88 bits per heavy atom. The third-order valence-electron chi connectivity index (χ3n) is 3.31. The molecular weight excluding hydrogens is 286 g/mol. The fourth-order valence-corrected chi connectivity index (χ4v) is 2.91. The summed E-state index contributed by atoms with van der Waals surface area (Å²) in [6.45, 7) is 0.351. The predicted octanol–water partition coefficient (Wildman–Crippen LogP) is 2.88. The van der Waals surface area contributed by atoms with Crippen molar-refractivity contribution in [2.45, 2.75) is 38.1 Å². The summed E-state index contributed by atoms with van der Waals surface area (Å²) >= 11 is 3.48. The van der Waals surface area contributed by atoms with Crippen molar-refractivity contribution < 1.29 is 14.3 Å². The van der Waals surface area contributed by atoms with Gasteiger partial charge in [-0.1, -0.05) is 15.9 Å². The van der Waals surface area contributed by atoms with E-state index in [4.69, 9.17) is 15.4 Å². The van der Waals surface area contributed by atoms with Crippen LogP contribution in [-0.4, -0.2) is 5.79 Å². The normalized spacial score (nSPS) is 20.1. The third kappa shape index (κ3) is 1.92. The van der Waals surface area contributed by atoms with Crippen LogP contribution in [0.2, 0.25) is 0 Å². The highest BCUT2D eigenvalue weighted by molar-refractivity contribution is 9.10. The highest BCUT2D eigenvalue weighted by Crippen LogP contribution is 2.48. The van der Waals surface area contributed by atoms with Crippen LogP contribution in [0, 0.1) is 0 Å². The van der Waals surface area contributed by atoms with Crippen molar-refractivity contribution in [1.29, 1.82) is 0 Å². The summed E-state index contributed by atoms with van der Waals surface area (Å²) in [4.78, 5) is 4.66. The first-order chi connectivity index (χ1) is 8.22. The molecule has 3 rings (SSSR count). The second-order valence-corrected chi connectivity index (χ2v) is 5.38. The number of ether oxygens (including phenoxy) is 2. The Balaban J connectivity index is 1.92. The van der Waals surface area contributed by atoms with Crippen molar-refractivity contribution >= 4 is 15.9 Å². The Labute approximate surface area is 108 Å². The van der Waals surface area contributed by atoms with Crippen molar-refractivity contribution in [2.24, 2.45) is 5.90 Å². The average molecular weight is 300 g/mol. The molecule has 2 N–H and O–H groups in total. The minimum absolute atomic E-state index is 0.351. The third-order valence-corrected chi connectivity index (χ3v) is 4.05. The van der Waals surface area contributed by atoms with E-state index in [1.807, 2.05) is 12.1 Å². The zero-order chi connectivity index (χ0) is 11.9. The SMILES string of the molecule is NOCc1cc2c(cc1Br)OC1(CCCC1)O2. The molecule has 92 valence electrons. The van der Waals surface area contributed by atoms with Gasteiger partial charge in [0.15, 0.2) is 11.5 Å². The molecule has 0 amide bonds. The van der Waals surface area contributed by atoms with Crippen LogP contribution in [0.3, 0.4) is 0 Å². The maximum atomic E-state index is 5.96. The molecule has 0 radical (unpaired) electrons. The zero-order valence-electron chi connectivity index (χ0n) is 9.37. The molecule has 0 bridgehead atoms. The molecule has 1 saturated carbocycles. The predicted molar refractivity (Wildman–Crippen MR) is 65.6 cm³/mol. The van der Waals surface area contributed by atoms with Crippen molar-refractivity contribution in [1.82, 2.24) is 0 Å². The molecule has 4 nitrogen and oxygen atoms in total. The highest BCUT2D eigenvalue weighted by atomic mass is 79.9. The topological polar surface area (TPSA) is 53.7 Å². The van der Waals surface area contributed by atoms with E-state index in [9.17, 15) is 0 Å². The van der Waals surface area contributed by atoms with Crippen LogP contribution in [0.25, 0.3) is 0 Å². The monoisotopic (exact) mass is 299 g/mol. The fraction of sp³-hybridized carbons (Fsp3) is 0.500. The van der Waals surface area contributed by atoms with Crippen molar-refractivity contribution in [2.75, 3.05) is 0 Å². The lowest BCUT2D eigenvalue weighted by molar-refractivity contribution is -0.0716.